The molecule has 1 rings (SSSR count). The number of hydrogen-bond acceptors (Lipinski definition) is 3. The van der Waals surface area contributed by atoms with Crippen LogP contribution in [0.4, 0.5) is 0 Å². The minimum atomic E-state index is 0.00751. The number of rotatable bonds is 7. The van der Waals surface area contributed by atoms with Gasteiger partial charge in [0, 0.05) is 23.8 Å². The van der Waals surface area contributed by atoms with Gasteiger partial charge in [-0.2, -0.15) is 5.10 Å². The summed E-state index contributed by atoms with van der Waals surface area (Å²) in [7, 11) is 4.23. The van der Waals surface area contributed by atoms with Crippen molar-refractivity contribution in [2.45, 2.75) is 58.2 Å². The van der Waals surface area contributed by atoms with E-state index in [2.05, 4.69) is 51.1 Å². The van der Waals surface area contributed by atoms with Crippen molar-refractivity contribution in [1.29, 1.82) is 0 Å². The third kappa shape index (κ3) is 2.75. The molecule has 0 radical (unpaired) electrons. The summed E-state index contributed by atoms with van der Waals surface area (Å²) in [5.41, 5.74) is 7.66. The second-order valence-corrected chi connectivity index (χ2v) is 5.22. The Morgan fingerprint density at radius 1 is 1.33 bits per heavy atom. The monoisotopic (exact) mass is 252 g/mol. The molecule has 4 heteroatoms. The second kappa shape index (κ2) is 6.34. The Kier molecular flexibility index (Phi) is 5.35. The van der Waals surface area contributed by atoms with Crippen molar-refractivity contribution < 1.29 is 0 Å². The molecular formula is C14H28N4. The summed E-state index contributed by atoms with van der Waals surface area (Å²) in [5, 5.41) is 4.39. The van der Waals surface area contributed by atoms with E-state index in [1.54, 1.807) is 0 Å². The highest BCUT2D eigenvalue weighted by molar-refractivity contribution is 5.17. The molecule has 0 aromatic carbocycles. The van der Waals surface area contributed by atoms with Gasteiger partial charge in [0.1, 0.15) is 0 Å². The summed E-state index contributed by atoms with van der Waals surface area (Å²) in [4.78, 5) is 2.26. The van der Waals surface area contributed by atoms with Gasteiger partial charge in [0.25, 0.3) is 0 Å². The van der Waals surface area contributed by atoms with Crippen LogP contribution in [-0.4, -0.2) is 34.3 Å². The first-order chi connectivity index (χ1) is 8.51. The van der Waals surface area contributed by atoms with Crippen molar-refractivity contribution in [3.8, 4) is 0 Å². The summed E-state index contributed by atoms with van der Waals surface area (Å²) in [6, 6.07) is 0.00751. The van der Waals surface area contributed by atoms with Crippen molar-refractivity contribution in [3.63, 3.8) is 0 Å². The lowest BCUT2D eigenvalue weighted by Gasteiger charge is -2.43. The molecule has 104 valence electrons. The standard InChI is InChI=1S/C14H28N4/c1-6-9-18-11-12(10-16-18)13(15)14(7-2,8-3)17(4)5/h10-11,13H,6-9,15H2,1-5H3. The molecule has 0 aliphatic rings. The van der Waals surface area contributed by atoms with Crippen LogP contribution in [0.1, 0.15) is 51.6 Å². The first-order valence-corrected chi connectivity index (χ1v) is 6.97. The number of nitrogens with zero attached hydrogens (tertiary/aromatic N) is 3. The third-order valence-electron chi connectivity index (χ3n) is 4.16. The van der Waals surface area contributed by atoms with Crippen LogP contribution in [0.5, 0.6) is 0 Å². The fraction of sp³-hybridized carbons (Fsp3) is 0.786. The average Bonchev–Trinajstić information content (AvgIpc) is 2.80. The molecule has 0 saturated carbocycles. The number of aryl methyl sites for hydroxylation is 1. The SMILES string of the molecule is CCCn1cc(C(N)C(CC)(CC)N(C)C)cn1. The van der Waals surface area contributed by atoms with E-state index >= 15 is 0 Å². The summed E-state index contributed by atoms with van der Waals surface area (Å²) in [6.45, 7) is 7.53. The topological polar surface area (TPSA) is 47.1 Å². The highest BCUT2D eigenvalue weighted by Gasteiger charge is 2.36. The zero-order valence-corrected chi connectivity index (χ0v) is 12.5. The van der Waals surface area contributed by atoms with Crippen LogP contribution in [0, 0.1) is 0 Å². The van der Waals surface area contributed by atoms with E-state index in [4.69, 9.17) is 5.73 Å². The predicted molar refractivity (Wildman–Crippen MR) is 76.4 cm³/mol. The van der Waals surface area contributed by atoms with Gasteiger partial charge in [0.15, 0.2) is 0 Å². The van der Waals surface area contributed by atoms with Gasteiger partial charge in [0.2, 0.25) is 0 Å². The molecule has 1 unspecified atom stereocenters. The Morgan fingerprint density at radius 3 is 2.39 bits per heavy atom. The largest absolute Gasteiger partial charge is 0.322 e. The molecule has 0 aliphatic heterocycles. The Balaban J connectivity index is 2.98. The van der Waals surface area contributed by atoms with E-state index in [-0.39, 0.29) is 11.6 Å². The molecule has 2 N–H and O–H groups in total. The molecule has 0 spiro atoms. The molecule has 0 amide bonds. The van der Waals surface area contributed by atoms with Crippen LogP contribution in [0.3, 0.4) is 0 Å². The summed E-state index contributed by atoms with van der Waals surface area (Å²) in [6.07, 6.45) is 7.19. The molecular weight excluding hydrogens is 224 g/mol. The summed E-state index contributed by atoms with van der Waals surface area (Å²) in [5.74, 6) is 0. The van der Waals surface area contributed by atoms with Crippen molar-refractivity contribution in [2.24, 2.45) is 5.73 Å². The molecule has 0 bridgehead atoms. The van der Waals surface area contributed by atoms with Crippen LogP contribution in [0.2, 0.25) is 0 Å². The maximum Gasteiger partial charge on any atom is 0.0538 e. The maximum absolute atomic E-state index is 6.51. The molecule has 0 saturated heterocycles. The number of likely N-dealkylation sites (N-methyl/N-ethyl adjacent to an activating group) is 1. The van der Waals surface area contributed by atoms with E-state index in [0.717, 1.165) is 31.4 Å². The first kappa shape index (κ1) is 15.2. The second-order valence-electron chi connectivity index (χ2n) is 5.22. The number of aromatic nitrogens is 2. The predicted octanol–water partition coefficient (Wildman–Crippen LogP) is 2.41. The highest BCUT2D eigenvalue weighted by Crippen LogP contribution is 2.33. The van der Waals surface area contributed by atoms with Gasteiger partial charge in [-0.25, -0.2) is 0 Å². The van der Waals surface area contributed by atoms with Crippen molar-refractivity contribution in [3.05, 3.63) is 18.0 Å². The van der Waals surface area contributed by atoms with Gasteiger partial charge in [-0.05, 0) is 33.4 Å². The lowest BCUT2D eigenvalue weighted by atomic mass is 9.81. The fourth-order valence-electron chi connectivity index (χ4n) is 2.80. The number of hydrogen-bond donors (Lipinski definition) is 1. The van der Waals surface area contributed by atoms with Gasteiger partial charge in [-0.3, -0.25) is 4.68 Å². The zero-order chi connectivity index (χ0) is 13.8. The smallest absolute Gasteiger partial charge is 0.0538 e. The Morgan fingerprint density at radius 2 is 1.94 bits per heavy atom. The van der Waals surface area contributed by atoms with E-state index in [1.807, 2.05) is 10.9 Å². The van der Waals surface area contributed by atoms with E-state index in [0.29, 0.717) is 0 Å². The maximum atomic E-state index is 6.51. The van der Waals surface area contributed by atoms with Gasteiger partial charge in [0.05, 0.1) is 12.2 Å². The summed E-state index contributed by atoms with van der Waals surface area (Å²) >= 11 is 0. The normalized spacial score (nSPS) is 14.2. The van der Waals surface area contributed by atoms with Gasteiger partial charge >= 0.3 is 0 Å². The van der Waals surface area contributed by atoms with Crippen LogP contribution < -0.4 is 5.73 Å². The average molecular weight is 252 g/mol. The number of nitrogens with two attached hydrogens (primary N) is 1. The minimum Gasteiger partial charge on any atom is -0.322 e. The zero-order valence-electron chi connectivity index (χ0n) is 12.5. The molecule has 4 nitrogen and oxygen atoms in total. The molecule has 1 atom stereocenters. The van der Waals surface area contributed by atoms with E-state index in [1.165, 1.54) is 0 Å². The van der Waals surface area contributed by atoms with E-state index in [9.17, 15) is 0 Å². The fourth-order valence-corrected chi connectivity index (χ4v) is 2.80. The highest BCUT2D eigenvalue weighted by atomic mass is 15.3. The molecule has 1 heterocycles. The molecule has 1 aromatic heterocycles. The molecule has 0 fully saturated rings. The van der Waals surface area contributed by atoms with E-state index < -0.39 is 0 Å². The van der Waals surface area contributed by atoms with Gasteiger partial charge in [-0.15, -0.1) is 0 Å². The molecule has 18 heavy (non-hydrogen) atoms. The van der Waals surface area contributed by atoms with Gasteiger partial charge in [-0.1, -0.05) is 20.8 Å². The summed E-state index contributed by atoms with van der Waals surface area (Å²) < 4.78 is 1.99. The van der Waals surface area contributed by atoms with Crippen LogP contribution in [-0.2, 0) is 6.54 Å². The Hall–Kier alpha value is -0.870. The molecule has 0 aliphatic carbocycles. The minimum absolute atomic E-state index is 0.00751. The quantitative estimate of drug-likeness (QED) is 0.810. The first-order valence-electron chi connectivity index (χ1n) is 6.97. The van der Waals surface area contributed by atoms with Crippen LogP contribution in [0.25, 0.3) is 0 Å². The lowest BCUT2D eigenvalue weighted by molar-refractivity contribution is 0.106. The molecule has 1 aromatic rings. The van der Waals surface area contributed by atoms with Crippen molar-refractivity contribution in [2.75, 3.05) is 14.1 Å². The van der Waals surface area contributed by atoms with Crippen LogP contribution >= 0.6 is 0 Å². The Bertz CT molecular complexity index is 352. The van der Waals surface area contributed by atoms with Gasteiger partial charge < -0.3 is 10.6 Å². The van der Waals surface area contributed by atoms with Crippen molar-refractivity contribution in [1.82, 2.24) is 14.7 Å². The van der Waals surface area contributed by atoms with Crippen molar-refractivity contribution >= 4 is 0 Å². The van der Waals surface area contributed by atoms with Crippen LogP contribution in [0.15, 0.2) is 12.4 Å². The lowest BCUT2D eigenvalue weighted by Crippen LogP contribution is -2.51. The Labute approximate surface area is 111 Å². The third-order valence-corrected chi connectivity index (χ3v) is 4.16.